The lowest BCUT2D eigenvalue weighted by Gasteiger charge is -2.01. The van der Waals surface area contributed by atoms with Crippen LogP contribution >= 0.6 is 45.2 Å². The fourth-order valence-corrected chi connectivity index (χ4v) is 2.12. The van der Waals surface area contributed by atoms with Gasteiger partial charge in [0.25, 0.3) is 0 Å². The van der Waals surface area contributed by atoms with Crippen molar-refractivity contribution in [3.63, 3.8) is 0 Å². The van der Waals surface area contributed by atoms with Gasteiger partial charge in [-0.3, -0.25) is 0 Å². The van der Waals surface area contributed by atoms with Crippen molar-refractivity contribution < 1.29 is 9.63 Å². The zero-order chi connectivity index (χ0) is 14.5. The molecule has 0 radical (unpaired) electrons. The molecule has 0 aromatic heterocycles. The van der Waals surface area contributed by atoms with Crippen molar-refractivity contribution in [3.8, 4) is 0 Å². The lowest BCUT2D eigenvalue weighted by molar-refractivity contribution is 0.0516. The first-order valence-corrected chi connectivity index (χ1v) is 7.78. The van der Waals surface area contributed by atoms with Crippen molar-refractivity contribution in [3.05, 3.63) is 66.8 Å². The summed E-state index contributed by atoms with van der Waals surface area (Å²) < 4.78 is 2.14. The largest absolute Gasteiger partial charge is 0.380 e. The summed E-state index contributed by atoms with van der Waals surface area (Å²) in [6.07, 6.45) is 0. The molecular formula is C14H10I2N2O2. The predicted molar refractivity (Wildman–Crippen MR) is 94.5 cm³/mol. The predicted octanol–water partition coefficient (Wildman–Crippen LogP) is 3.37. The summed E-state index contributed by atoms with van der Waals surface area (Å²) in [5.74, 6) is -0.366. The molecule has 0 saturated carbocycles. The zero-order valence-electron chi connectivity index (χ0n) is 10.2. The quantitative estimate of drug-likeness (QED) is 0.235. The van der Waals surface area contributed by atoms with Crippen LogP contribution in [0.5, 0.6) is 0 Å². The Balaban J connectivity index is 2.06. The lowest BCUT2D eigenvalue weighted by Crippen LogP contribution is -2.15. The van der Waals surface area contributed by atoms with E-state index in [1.807, 2.05) is 36.4 Å². The minimum Gasteiger partial charge on any atom is -0.380 e. The Morgan fingerprint density at radius 1 is 0.900 bits per heavy atom. The zero-order valence-corrected chi connectivity index (χ0v) is 14.5. The number of hydrogen-bond acceptors (Lipinski definition) is 3. The van der Waals surface area contributed by atoms with Gasteiger partial charge in [0.1, 0.15) is 0 Å². The third-order valence-corrected chi connectivity index (χ3v) is 3.89. The number of amidine groups is 1. The maximum Gasteiger partial charge on any atom is 0.365 e. The van der Waals surface area contributed by atoms with Crippen molar-refractivity contribution in [2.75, 3.05) is 0 Å². The van der Waals surface area contributed by atoms with E-state index in [9.17, 15) is 4.79 Å². The summed E-state index contributed by atoms with van der Waals surface area (Å²) in [7, 11) is 0. The van der Waals surface area contributed by atoms with Gasteiger partial charge in [-0.2, -0.15) is 0 Å². The highest BCUT2D eigenvalue weighted by Gasteiger charge is 2.07. The Kier molecular flexibility index (Phi) is 5.35. The molecule has 0 spiro atoms. The van der Waals surface area contributed by atoms with Crippen LogP contribution in [0, 0.1) is 7.14 Å². The topological polar surface area (TPSA) is 64.7 Å². The fraction of sp³-hybridized carbons (Fsp3) is 0. The van der Waals surface area contributed by atoms with E-state index in [1.165, 1.54) is 0 Å². The third-order valence-electron chi connectivity index (χ3n) is 2.45. The molecule has 0 aliphatic carbocycles. The van der Waals surface area contributed by atoms with E-state index in [0.717, 1.165) is 7.14 Å². The molecule has 2 aromatic carbocycles. The van der Waals surface area contributed by atoms with Crippen molar-refractivity contribution in [1.29, 1.82) is 0 Å². The van der Waals surface area contributed by atoms with Gasteiger partial charge < -0.3 is 10.6 Å². The van der Waals surface area contributed by atoms with Crippen molar-refractivity contribution in [2.45, 2.75) is 0 Å². The molecule has 20 heavy (non-hydrogen) atoms. The number of carbonyl (C=O) groups excluding carboxylic acids is 1. The van der Waals surface area contributed by atoms with E-state index in [2.05, 4.69) is 50.3 Å². The molecule has 0 atom stereocenters. The van der Waals surface area contributed by atoms with Gasteiger partial charge in [0.2, 0.25) is 0 Å². The van der Waals surface area contributed by atoms with Gasteiger partial charge in [0.05, 0.1) is 5.56 Å². The minimum absolute atomic E-state index is 0.167. The Bertz CT molecular complexity index is 637. The molecule has 0 amide bonds. The van der Waals surface area contributed by atoms with Crippen molar-refractivity contribution in [1.82, 2.24) is 0 Å². The number of oxime groups is 1. The first kappa shape index (κ1) is 15.2. The number of nitrogens with two attached hydrogens (primary N) is 1. The van der Waals surface area contributed by atoms with Crippen molar-refractivity contribution >= 4 is 57.0 Å². The average Bonchev–Trinajstić information content (AvgIpc) is 2.46. The van der Waals surface area contributed by atoms with Crippen LogP contribution in [-0.2, 0) is 4.84 Å². The lowest BCUT2D eigenvalue weighted by atomic mass is 10.2. The number of halogens is 2. The summed E-state index contributed by atoms with van der Waals surface area (Å²) >= 11 is 4.36. The maximum absolute atomic E-state index is 11.8. The van der Waals surface area contributed by atoms with Gasteiger partial charge in [-0.25, -0.2) is 4.79 Å². The fourth-order valence-electron chi connectivity index (χ4n) is 1.40. The van der Waals surface area contributed by atoms with Crippen LogP contribution in [0.1, 0.15) is 15.9 Å². The molecule has 2 N–H and O–H groups in total. The second-order valence-electron chi connectivity index (χ2n) is 3.87. The summed E-state index contributed by atoms with van der Waals surface area (Å²) in [5, 5.41) is 3.66. The van der Waals surface area contributed by atoms with Crippen molar-refractivity contribution in [2.24, 2.45) is 10.9 Å². The highest BCUT2D eigenvalue weighted by molar-refractivity contribution is 14.1. The number of rotatable bonds is 3. The number of carbonyl (C=O) groups is 1. The van der Waals surface area contributed by atoms with Gasteiger partial charge in [-0.15, -0.1) is 0 Å². The van der Waals surface area contributed by atoms with E-state index in [-0.39, 0.29) is 5.84 Å². The molecule has 0 aliphatic heterocycles. The summed E-state index contributed by atoms with van der Waals surface area (Å²) in [5.41, 5.74) is 6.91. The SMILES string of the molecule is N/C(=N/OC(=O)c1ccc(I)cc1)c1ccc(I)cc1. The molecule has 0 unspecified atom stereocenters. The molecule has 2 rings (SSSR count). The molecule has 0 saturated heterocycles. The Morgan fingerprint density at radius 2 is 1.35 bits per heavy atom. The molecule has 0 aliphatic rings. The summed E-state index contributed by atoms with van der Waals surface area (Å²) in [4.78, 5) is 16.6. The normalized spacial score (nSPS) is 11.2. The number of hydrogen-bond donors (Lipinski definition) is 1. The molecule has 2 aromatic rings. The molecular weight excluding hydrogens is 482 g/mol. The molecule has 0 bridgehead atoms. The Morgan fingerprint density at radius 3 is 1.85 bits per heavy atom. The Labute approximate surface area is 143 Å². The van der Waals surface area contributed by atoms with E-state index in [4.69, 9.17) is 10.6 Å². The van der Waals surface area contributed by atoms with Gasteiger partial charge in [-0.05, 0) is 81.6 Å². The van der Waals surface area contributed by atoms with Gasteiger partial charge in [0, 0.05) is 12.7 Å². The minimum atomic E-state index is -0.533. The number of nitrogens with zero attached hydrogens (tertiary/aromatic N) is 1. The molecule has 6 heteroatoms. The standard InChI is InChI=1S/C14H10I2N2O2/c15-11-5-1-9(2-6-11)13(17)18-20-14(19)10-3-7-12(16)8-4-10/h1-8H,(H2,17,18). The molecule has 0 heterocycles. The van der Waals surface area contributed by atoms with Crippen LogP contribution in [0.4, 0.5) is 0 Å². The number of benzene rings is 2. The second kappa shape index (κ2) is 7.02. The van der Waals surface area contributed by atoms with Crippen LogP contribution in [-0.4, -0.2) is 11.8 Å². The summed E-state index contributed by atoms with van der Waals surface area (Å²) in [6, 6.07) is 14.4. The molecule has 0 fully saturated rings. The van der Waals surface area contributed by atoms with Crippen LogP contribution in [0.15, 0.2) is 53.7 Å². The van der Waals surface area contributed by atoms with Crippen LogP contribution in [0.25, 0.3) is 0 Å². The van der Waals surface area contributed by atoms with E-state index in [1.54, 1.807) is 12.1 Å². The van der Waals surface area contributed by atoms with Gasteiger partial charge in [-0.1, -0.05) is 17.3 Å². The monoisotopic (exact) mass is 492 g/mol. The van der Waals surface area contributed by atoms with E-state index in [0.29, 0.717) is 11.1 Å². The highest BCUT2D eigenvalue weighted by Crippen LogP contribution is 2.09. The maximum atomic E-state index is 11.8. The third kappa shape index (κ3) is 4.17. The first-order valence-electron chi connectivity index (χ1n) is 5.62. The van der Waals surface area contributed by atoms with E-state index < -0.39 is 5.97 Å². The van der Waals surface area contributed by atoms with Crippen LogP contribution in [0.3, 0.4) is 0 Å². The highest BCUT2D eigenvalue weighted by atomic mass is 127. The van der Waals surface area contributed by atoms with Gasteiger partial charge >= 0.3 is 5.97 Å². The smallest absolute Gasteiger partial charge is 0.365 e. The van der Waals surface area contributed by atoms with Crippen LogP contribution < -0.4 is 5.73 Å². The second-order valence-corrected chi connectivity index (χ2v) is 6.36. The van der Waals surface area contributed by atoms with E-state index >= 15 is 0 Å². The summed E-state index contributed by atoms with van der Waals surface area (Å²) in [6.45, 7) is 0. The molecule has 4 nitrogen and oxygen atoms in total. The first-order chi connectivity index (χ1) is 9.56. The average molecular weight is 492 g/mol. The Hall–Kier alpha value is -1.16. The molecule has 102 valence electrons. The van der Waals surface area contributed by atoms with Gasteiger partial charge in [0.15, 0.2) is 5.84 Å². The van der Waals surface area contributed by atoms with Crippen LogP contribution in [0.2, 0.25) is 0 Å².